The molecule has 0 atom stereocenters. The predicted octanol–water partition coefficient (Wildman–Crippen LogP) is 6.35. The predicted molar refractivity (Wildman–Crippen MR) is 88.7 cm³/mol. The number of allylic oxidation sites excluding steroid dienone is 2. The fourth-order valence-corrected chi connectivity index (χ4v) is 4.63. The van der Waals surface area contributed by atoms with Gasteiger partial charge in [-0.25, -0.2) is 0 Å². The van der Waals surface area contributed by atoms with Crippen molar-refractivity contribution in [2.75, 3.05) is 5.33 Å². The van der Waals surface area contributed by atoms with Crippen LogP contribution < -0.4 is 0 Å². The maximum atomic E-state index is 3.48. The molecule has 0 radical (unpaired) electrons. The monoisotopic (exact) mass is 326 g/mol. The van der Waals surface area contributed by atoms with Crippen LogP contribution in [0.4, 0.5) is 0 Å². The van der Waals surface area contributed by atoms with E-state index in [2.05, 4.69) is 35.0 Å². The molecule has 0 unspecified atom stereocenters. The highest BCUT2D eigenvalue weighted by Crippen LogP contribution is 2.42. The van der Waals surface area contributed by atoms with Crippen LogP contribution >= 0.6 is 15.9 Å². The first kappa shape index (κ1) is 15.6. The summed E-state index contributed by atoms with van der Waals surface area (Å²) in [7, 11) is 0. The molecule has 0 heterocycles. The Kier molecular flexibility index (Phi) is 6.98. The van der Waals surface area contributed by atoms with Gasteiger partial charge in [0.05, 0.1) is 0 Å². The van der Waals surface area contributed by atoms with Crippen LogP contribution in [0.1, 0.15) is 71.1 Å². The number of halogens is 1. The van der Waals surface area contributed by atoms with Gasteiger partial charge in [0, 0.05) is 5.33 Å². The van der Waals surface area contributed by atoms with Crippen molar-refractivity contribution in [1.29, 1.82) is 0 Å². The zero-order valence-electron chi connectivity index (χ0n) is 12.6. The summed E-state index contributed by atoms with van der Waals surface area (Å²) in [5, 5.41) is 1.02. The van der Waals surface area contributed by atoms with Gasteiger partial charge in [0.2, 0.25) is 0 Å². The Bertz CT molecular complexity index is 255. The third-order valence-corrected chi connectivity index (χ3v) is 5.94. The Morgan fingerprint density at radius 2 is 1.47 bits per heavy atom. The number of alkyl halides is 1. The molecule has 0 aromatic heterocycles. The molecule has 2 rings (SSSR count). The molecule has 0 spiro atoms. The standard InChI is InChI=1S/C18H31Br/c1-2-4-15-6-10-17(11-7-15)18-12-8-16(9-13-18)5-3-14-19/h3,5,15-18H,2,4,6-14H2,1H3/b5-3+. The minimum absolute atomic E-state index is 0.880. The lowest BCUT2D eigenvalue weighted by atomic mass is 9.69. The molecule has 0 amide bonds. The smallest absolute Gasteiger partial charge is 0.0212 e. The Morgan fingerprint density at radius 3 is 2.00 bits per heavy atom. The quantitative estimate of drug-likeness (QED) is 0.408. The molecule has 0 saturated heterocycles. The summed E-state index contributed by atoms with van der Waals surface area (Å²) in [5.74, 6) is 4.09. The number of rotatable bonds is 5. The van der Waals surface area contributed by atoms with E-state index in [1.54, 1.807) is 0 Å². The zero-order valence-corrected chi connectivity index (χ0v) is 14.2. The molecule has 2 aliphatic carbocycles. The molecule has 1 heteroatoms. The normalized spacial score (nSPS) is 36.7. The molecule has 0 aromatic rings. The average Bonchev–Trinajstić information content (AvgIpc) is 2.47. The van der Waals surface area contributed by atoms with Gasteiger partial charge in [0.15, 0.2) is 0 Å². The molecular formula is C18H31Br. The highest BCUT2D eigenvalue weighted by Gasteiger charge is 2.29. The van der Waals surface area contributed by atoms with Crippen molar-refractivity contribution in [2.45, 2.75) is 71.1 Å². The fraction of sp³-hybridized carbons (Fsp3) is 0.889. The fourth-order valence-electron chi connectivity index (χ4n) is 4.41. The summed E-state index contributed by atoms with van der Waals surface area (Å²) in [6.45, 7) is 2.34. The Labute approximate surface area is 128 Å². The first-order chi connectivity index (χ1) is 9.33. The third kappa shape index (κ3) is 4.92. The Balaban J connectivity index is 1.69. The van der Waals surface area contributed by atoms with E-state index in [0.29, 0.717) is 0 Å². The van der Waals surface area contributed by atoms with Gasteiger partial charge in [-0.15, -0.1) is 0 Å². The molecule has 2 fully saturated rings. The summed E-state index contributed by atoms with van der Waals surface area (Å²) >= 11 is 3.48. The van der Waals surface area contributed by atoms with E-state index in [4.69, 9.17) is 0 Å². The van der Waals surface area contributed by atoms with Crippen molar-refractivity contribution in [3.05, 3.63) is 12.2 Å². The Morgan fingerprint density at radius 1 is 0.895 bits per heavy atom. The molecule has 0 bridgehead atoms. The van der Waals surface area contributed by atoms with Gasteiger partial charge in [-0.2, -0.15) is 0 Å². The summed E-state index contributed by atoms with van der Waals surface area (Å²) in [5.41, 5.74) is 0. The molecule has 2 aliphatic rings. The van der Waals surface area contributed by atoms with Gasteiger partial charge in [-0.05, 0) is 62.2 Å². The second kappa shape index (κ2) is 8.49. The topological polar surface area (TPSA) is 0 Å². The van der Waals surface area contributed by atoms with E-state index in [1.165, 1.54) is 64.2 Å². The minimum Gasteiger partial charge on any atom is -0.0883 e. The molecule has 0 aliphatic heterocycles. The molecular weight excluding hydrogens is 296 g/mol. The minimum atomic E-state index is 0.880. The number of hydrogen-bond donors (Lipinski definition) is 0. The lowest BCUT2D eigenvalue weighted by molar-refractivity contribution is 0.152. The van der Waals surface area contributed by atoms with Crippen LogP contribution in [-0.4, -0.2) is 5.33 Å². The van der Waals surface area contributed by atoms with E-state index in [-0.39, 0.29) is 0 Å². The van der Waals surface area contributed by atoms with Crippen molar-refractivity contribution < 1.29 is 0 Å². The third-order valence-electron chi connectivity index (χ3n) is 5.57. The van der Waals surface area contributed by atoms with Gasteiger partial charge in [0.25, 0.3) is 0 Å². The highest BCUT2D eigenvalue weighted by molar-refractivity contribution is 9.09. The molecule has 0 aromatic carbocycles. The van der Waals surface area contributed by atoms with Gasteiger partial charge < -0.3 is 0 Å². The van der Waals surface area contributed by atoms with E-state index >= 15 is 0 Å². The zero-order chi connectivity index (χ0) is 13.5. The van der Waals surface area contributed by atoms with Gasteiger partial charge >= 0.3 is 0 Å². The largest absolute Gasteiger partial charge is 0.0883 e. The first-order valence-electron chi connectivity index (χ1n) is 8.56. The average molecular weight is 327 g/mol. The molecule has 0 nitrogen and oxygen atoms in total. The SMILES string of the molecule is CCCC1CCC(C2CCC(/C=C/CBr)CC2)CC1. The highest BCUT2D eigenvalue weighted by atomic mass is 79.9. The van der Waals surface area contributed by atoms with Crippen molar-refractivity contribution >= 4 is 15.9 Å². The maximum Gasteiger partial charge on any atom is 0.0212 e. The van der Waals surface area contributed by atoms with Crippen LogP contribution in [-0.2, 0) is 0 Å². The van der Waals surface area contributed by atoms with Crippen LogP contribution in [0.25, 0.3) is 0 Å². The summed E-state index contributed by atoms with van der Waals surface area (Å²) < 4.78 is 0. The van der Waals surface area contributed by atoms with E-state index in [9.17, 15) is 0 Å². The van der Waals surface area contributed by atoms with E-state index < -0.39 is 0 Å². The van der Waals surface area contributed by atoms with Gasteiger partial charge in [-0.3, -0.25) is 0 Å². The van der Waals surface area contributed by atoms with Crippen LogP contribution in [0.2, 0.25) is 0 Å². The second-order valence-electron chi connectivity index (χ2n) is 6.83. The van der Waals surface area contributed by atoms with Crippen molar-refractivity contribution in [1.82, 2.24) is 0 Å². The molecule has 110 valence electrons. The van der Waals surface area contributed by atoms with Crippen LogP contribution in [0.5, 0.6) is 0 Å². The van der Waals surface area contributed by atoms with Gasteiger partial charge in [0.1, 0.15) is 0 Å². The lowest BCUT2D eigenvalue weighted by Crippen LogP contribution is -2.25. The molecule has 0 N–H and O–H groups in total. The summed E-state index contributed by atoms with van der Waals surface area (Å²) in [6.07, 6.45) is 19.6. The van der Waals surface area contributed by atoms with Crippen LogP contribution in [0, 0.1) is 23.7 Å². The van der Waals surface area contributed by atoms with Crippen molar-refractivity contribution in [2.24, 2.45) is 23.7 Å². The van der Waals surface area contributed by atoms with Crippen molar-refractivity contribution in [3.8, 4) is 0 Å². The second-order valence-corrected chi connectivity index (χ2v) is 7.47. The van der Waals surface area contributed by atoms with Crippen LogP contribution in [0.15, 0.2) is 12.2 Å². The maximum absolute atomic E-state index is 3.48. The van der Waals surface area contributed by atoms with E-state index in [1.807, 2.05) is 0 Å². The van der Waals surface area contributed by atoms with Crippen molar-refractivity contribution in [3.63, 3.8) is 0 Å². The molecule has 2 saturated carbocycles. The Hall–Kier alpha value is 0.220. The first-order valence-corrected chi connectivity index (χ1v) is 9.68. The molecule has 19 heavy (non-hydrogen) atoms. The van der Waals surface area contributed by atoms with Crippen LogP contribution in [0.3, 0.4) is 0 Å². The summed E-state index contributed by atoms with van der Waals surface area (Å²) in [4.78, 5) is 0. The summed E-state index contributed by atoms with van der Waals surface area (Å²) in [6, 6.07) is 0. The van der Waals surface area contributed by atoms with Gasteiger partial charge in [-0.1, -0.05) is 60.7 Å². The lowest BCUT2D eigenvalue weighted by Gasteiger charge is -2.37. The van der Waals surface area contributed by atoms with E-state index in [0.717, 1.165) is 29.0 Å². The number of hydrogen-bond acceptors (Lipinski definition) is 0.